The average molecular weight is 308 g/mol. The van der Waals surface area contributed by atoms with Gasteiger partial charge in [-0.25, -0.2) is 0 Å². The molecule has 0 aromatic heterocycles. The first kappa shape index (κ1) is 15.3. The summed E-state index contributed by atoms with van der Waals surface area (Å²) in [4.78, 5) is 0. The Morgan fingerprint density at radius 2 is 1.86 bits per heavy atom. The molecule has 21 heavy (non-hydrogen) atoms. The van der Waals surface area contributed by atoms with E-state index in [-0.39, 0.29) is 5.41 Å². The predicted molar refractivity (Wildman–Crippen MR) is 88.0 cm³/mol. The number of halogens is 1. The molecule has 0 saturated heterocycles. The summed E-state index contributed by atoms with van der Waals surface area (Å²) in [6.07, 6.45) is 4.07. The number of nitrogens with one attached hydrogen (secondary N) is 1. The minimum atomic E-state index is 0.265. The van der Waals surface area contributed by atoms with E-state index in [9.17, 15) is 0 Å². The van der Waals surface area contributed by atoms with Gasteiger partial charge in [-0.05, 0) is 49.8 Å². The lowest BCUT2D eigenvalue weighted by Crippen LogP contribution is -2.64. The van der Waals surface area contributed by atoms with Crippen LogP contribution in [0.15, 0.2) is 24.3 Å². The first-order valence-electron chi connectivity index (χ1n) is 8.13. The van der Waals surface area contributed by atoms with E-state index in [1.807, 2.05) is 12.1 Å². The van der Waals surface area contributed by atoms with Gasteiger partial charge in [0.1, 0.15) is 0 Å². The molecule has 2 nitrogen and oxygen atoms in total. The number of rotatable bonds is 5. The van der Waals surface area contributed by atoms with Crippen molar-refractivity contribution in [3.63, 3.8) is 0 Å². The average Bonchev–Trinajstić information content (AvgIpc) is 2.41. The molecule has 116 valence electrons. The monoisotopic (exact) mass is 307 g/mol. The van der Waals surface area contributed by atoms with Crippen LogP contribution in [-0.2, 0) is 4.74 Å². The molecule has 0 bridgehead atoms. The zero-order valence-electron chi connectivity index (χ0n) is 13.2. The Bertz CT molecular complexity index is 478. The van der Waals surface area contributed by atoms with Gasteiger partial charge < -0.3 is 10.1 Å². The summed E-state index contributed by atoms with van der Waals surface area (Å²) in [5.41, 5.74) is 1.69. The standard InChI is InChI=1S/C18H26ClNO/c1-4-21-17-11-16(18(17,2)3)20-15-9-13(10-15)12-5-7-14(19)8-6-12/h5-8,13,15-17,20H,4,9-11H2,1-3H3. The van der Waals surface area contributed by atoms with Gasteiger partial charge in [0.2, 0.25) is 0 Å². The third-order valence-electron chi connectivity index (χ3n) is 5.46. The van der Waals surface area contributed by atoms with Crippen molar-refractivity contribution in [2.45, 2.75) is 64.1 Å². The maximum absolute atomic E-state index is 5.95. The van der Waals surface area contributed by atoms with Gasteiger partial charge in [0.25, 0.3) is 0 Å². The summed E-state index contributed by atoms with van der Waals surface area (Å²) >= 11 is 5.95. The van der Waals surface area contributed by atoms with Crippen molar-refractivity contribution in [2.75, 3.05) is 6.61 Å². The summed E-state index contributed by atoms with van der Waals surface area (Å²) in [5.74, 6) is 0.700. The Hall–Kier alpha value is -0.570. The number of hydrogen-bond acceptors (Lipinski definition) is 2. The van der Waals surface area contributed by atoms with Crippen molar-refractivity contribution >= 4 is 11.6 Å². The molecule has 1 aromatic rings. The normalized spacial score (nSPS) is 34.1. The van der Waals surface area contributed by atoms with Crippen molar-refractivity contribution in [2.24, 2.45) is 5.41 Å². The molecule has 0 aliphatic heterocycles. The van der Waals surface area contributed by atoms with E-state index >= 15 is 0 Å². The van der Waals surface area contributed by atoms with E-state index in [1.165, 1.54) is 18.4 Å². The molecule has 2 aliphatic carbocycles. The molecule has 0 radical (unpaired) electrons. The second kappa shape index (κ2) is 5.91. The van der Waals surface area contributed by atoms with Crippen molar-refractivity contribution in [1.29, 1.82) is 0 Å². The molecule has 2 saturated carbocycles. The van der Waals surface area contributed by atoms with Crippen molar-refractivity contribution in [3.05, 3.63) is 34.9 Å². The van der Waals surface area contributed by atoms with E-state index in [2.05, 4.69) is 38.2 Å². The Labute approximate surface area is 133 Å². The van der Waals surface area contributed by atoms with Crippen LogP contribution in [0.2, 0.25) is 5.02 Å². The van der Waals surface area contributed by atoms with Crippen LogP contribution in [0.3, 0.4) is 0 Å². The van der Waals surface area contributed by atoms with Crippen LogP contribution in [0.1, 0.15) is 51.5 Å². The minimum absolute atomic E-state index is 0.265. The van der Waals surface area contributed by atoms with Gasteiger partial charge in [0.15, 0.2) is 0 Å². The number of ether oxygens (including phenoxy) is 1. The molecule has 2 aliphatic rings. The fraction of sp³-hybridized carbons (Fsp3) is 0.667. The second-order valence-corrected chi connectivity index (χ2v) is 7.57. The van der Waals surface area contributed by atoms with Gasteiger partial charge in [-0.3, -0.25) is 0 Å². The summed E-state index contributed by atoms with van der Waals surface area (Å²) in [6, 6.07) is 9.60. The third-order valence-corrected chi connectivity index (χ3v) is 5.71. The highest BCUT2D eigenvalue weighted by molar-refractivity contribution is 6.30. The van der Waals surface area contributed by atoms with Gasteiger partial charge in [-0.2, -0.15) is 0 Å². The third kappa shape index (κ3) is 2.99. The molecule has 2 unspecified atom stereocenters. The van der Waals surface area contributed by atoms with Gasteiger partial charge in [0, 0.05) is 29.1 Å². The molecule has 2 atom stereocenters. The number of benzene rings is 1. The van der Waals surface area contributed by atoms with Crippen LogP contribution in [0, 0.1) is 5.41 Å². The molecule has 0 amide bonds. The van der Waals surface area contributed by atoms with E-state index < -0.39 is 0 Å². The Balaban J connectivity index is 1.46. The second-order valence-electron chi connectivity index (χ2n) is 7.14. The van der Waals surface area contributed by atoms with Crippen LogP contribution in [0.5, 0.6) is 0 Å². The van der Waals surface area contributed by atoms with Gasteiger partial charge in [0.05, 0.1) is 6.10 Å². The van der Waals surface area contributed by atoms with E-state index in [1.54, 1.807) is 0 Å². The SMILES string of the molecule is CCOC1CC(NC2CC(c3ccc(Cl)cc3)C2)C1(C)C. The summed E-state index contributed by atoms with van der Waals surface area (Å²) in [5, 5.41) is 4.66. The summed E-state index contributed by atoms with van der Waals surface area (Å²) < 4.78 is 5.81. The Kier molecular flexibility index (Phi) is 4.31. The highest BCUT2D eigenvalue weighted by Crippen LogP contribution is 2.45. The first-order valence-corrected chi connectivity index (χ1v) is 8.51. The molecular weight excluding hydrogens is 282 g/mol. The zero-order valence-corrected chi connectivity index (χ0v) is 14.0. The fourth-order valence-corrected chi connectivity index (χ4v) is 3.82. The van der Waals surface area contributed by atoms with Gasteiger partial charge in [-0.15, -0.1) is 0 Å². The van der Waals surface area contributed by atoms with E-state index in [0.717, 1.165) is 18.1 Å². The first-order chi connectivity index (χ1) is 10.0. The van der Waals surface area contributed by atoms with Crippen LogP contribution in [-0.4, -0.2) is 24.8 Å². The zero-order chi connectivity index (χ0) is 15.0. The lowest BCUT2D eigenvalue weighted by atomic mass is 9.63. The topological polar surface area (TPSA) is 21.3 Å². The predicted octanol–water partition coefficient (Wildman–Crippen LogP) is 4.38. The Morgan fingerprint density at radius 1 is 1.19 bits per heavy atom. The largest absolute Gasteiger partial charge is 0.378 e. The fourth-order valence-electron chi connectivity index (χ4n) is 3.70. The lowest BCUT2D eigenvalue weighted by molar-refractivity contribution is -0.118. The quantitative estimate of drug-likeness (QED) is 0.871. The Morgan fingerprint density at radius 3 is 2.43 bits per heavy atom. The summed E-state index contributed by atoms with van der Waals surface area (Å²) in [7, 11) is 0. The molecular formula is C18H26ClNO. The minimum Gasteiger partial charge on any atom is -0.378 e. The van der Waals surface area contributed by atoms with Crippen LogP contribution in [0.4, 0.5) is 0 Å². The van der Waals surface area contributed by atoms with Gasteiger partial charge >= 0.3 is 0 Å². The van der Waals surface area contributed by atoms with Crippen LogP contribution >= 0.6 is 11.6 Å². The van der Waals surface area contributed by atoms with Gasteiger partial charge in [-0.1, -0.05) is 37.6 Å². The maximum Gasteiger partial charge on any atom is 0.0655 e. The molecule has 0 spiro atoms. The molecule has 1 aromatic carbocycles. The summed E-state index contributed by atoms with van der Waals surface area (Å²) in [6.45, 7) is 7.55. The molecule has 3 rings (SSSR count). The van der Waals surface area contributed by atoms with Crippen LogP contribution < -0.4 is 5.32 Å². The molecule has 2 fully saturated rings. The highest BCUT2D eigenvalue weighted by atomic mass is 35.5. The smallest absolute Gasteiger partial charge is 0.0655 e. The highest BCUT2D eigenvalue weighted by Gasteiger charge is 2.50. The van der Waals surface area contributed by atoms with Crippen molar-refractivity contribution in [3.8, 4) is 0 Å². The number of hydrogen-bond donors (Lipinski definition) is 1. The molecule has 3 heteroatoms. The molecule has 0 heterocycles. The van der Waals surface area contributed by atoms with E-state index in [0.29, 0.717) is 24.1 Å². The maximum atomic E-state index is 5.95. The molecule has 1 N–H and O–H groups in total. The lowest BCUT2D eigenvalue weighted by Gasteiger charge is -2.54. The van der Waals surface area contributed by atoms with E-state index in [4.69, 9.17) is 16.3 Å². The van der Waals surface area contributed by atoms with Crippen molar-refractivity contribution < 1.29 is 4.74 Å². The van der Waals surface area contributed by atoms with Crippen LogP contribution in [0.25, 0.3) is 0 Å². The van der Waals surface area contributed by atoms with Crippen molar-refractivity contribution in [1.82, 2.24) is 5.32 Å².